The minimum absolute atomic E-state index is 0.0927. The second-order valence-corrected chi connectivity index (χ2v) is 4.78. The van der Waals surface area contributed by atoms with Gasteiger partial charge in [-0.1, -0.05) is 22.0 Å². The molecular formula is C12H9BrClNO2. The number of benzene rings is 1. The van der Waals surface area contributed by atoms with Crippen LogP contribution >= 0.6 is 27.5 Å². The first-order chi connectivity index (χ1) is 8.08. The summed E-state index contributed by atoms with van der Waals surface area (Å²) in [6, 6.07) is 7.19. The van der Waals surface area contributed by atoms with E-state index in [0.717, 1.165) is 15.7 Å². The molecule has 0 aliphatic heterocycles. The molecule has 2 aromatic rings. The quantitative estimate of drug-likeness (QED) is 0.900. The van der Waals surface area contributed by atoms with Crippen molar-refractivity contribution in [3.63, 3.8) is 0 Å². The smallest absolute Gasteiger partial charge is 0.260 e. The van der Waals surface area contributed by atoms with Crippen LogP contribution in [-0.4, -0.2) is 5.91 Å². The summed E-state index contributed by atoms with van der Waals surface area (Å²) in [4.78, 5) is 11.9. The van der Waals surface area contributed by atoms with Crippen LogP contribution in [0, 0.1) is 6.92 Å². The van der Waals surface area contributed by atoms with Crippen molar-refractivity contribution >= 4 is 39.1 Å². The van der Waals surface area contributed by atoms with Gasteiger partial charge in [-0.15, -0.1) is 0 Å². The Labute approximate surface area is 112 Å². The summed E-state index contributed by atoms with van der Waals surface area (Å²) in [6.07, 6.45) is 1.38. The van der Waals surface area contributed by atoms with E-state index in [2.05, 4.69) is 21.2 Å². The lowest BCUT2D eigenvalue weighted by atomic mass is 10.2. The molecule has 0 bridgehead atoms. The number of amides is 1. The van der Waals surface area contributed by atoms with Gasteiger partial charge in [0.1, 0.15) is 0 Å². The van der Waals surface area contributed by atoms with Gasteiger partial charge in [0, 0.05) is 10.2 Å². The van der Waals surface area contributed by atoms with Gasteiger partial charge in [0.25, 0.3) is 5.91 Å². The molecule has 3 nitrogen and oxygen atoms in total. The Morgan fingerprint density at radius 1 is 1.41 bits per heavy atom. The van der Waals surface area contributed by atoms with E-state index in [1.54, 1.807) is 0 Å². The third-order valence-electron chi connectivity index (χ3n) is 2.31. The maximum absolute atomic E-state index is 11.9. The van der Waals surface area contributed by atoms with Crippen molar-refractivity contribution in [1.82, 2.24) is 0 Å². The van der Waals surface area contributed by atoms with Crippen LogP contribution < -0.4 is 5.32 Å². The summed E-state index contributed by atoms with van der Waals surface area (Å²) in [5.74, 6) is -0.287. The fourth-order valence-electron chi connectivity index (χ4n) is 1.37. The molecule has 0 unspecified atom stereocenters. The topological polar surface area (TPSA) is 42.2 Å². The Balaban J connectivity index is 2.24. The van der Waals surface area contributed by atoms with Crippen LogP contribution in [0.4, 0.5) is 5.69 Å². The van der Waals surface area contributed by atoms with Gasteiger partial charge >= 0.3 is 0 Å². The van der Waals surface area contributed by atoms with E-state index < -0.39 is 0 Å². The van der Waals surface area contributed by atoms with Crippen molar-refractivity contribution in [2.24, 2.45) is 0 Å². The third kappa shape index (κ3) is 2.70. The van der Waals surface area contributed by atoms with E-state index in [4.69, 9.17) is 16.0 Å². The third-order valence-corrected chi connectivity index (χ3v) is 3.10. The van der Waals surface area contributed by atoms with E-state index in [1.165, 1.54) is 12.3 Å². The lowest BCUT2D eigenvalue weighted by Gasteiger charge is -2.07. The molecule has 5 heteroatoms. The van der Waals surface area contributed by atoms with Crippen molar-refractivity contribution in [3.05, 3.63) is 51.3 Å². The number of carbonyl (C=O) groups is 1. The van der Waals surface area contributed by atoms with Gasteiger partial charge in [-0.3, -0.25) is 4.79 Å². The Bertz CT molecular complexity index is 565. The van der Waals surface area contributed by atoms with Crippen molar-refractivity contribution in [3.8, 4) is 0 Å². The predicted octanol–water partition coefficient (Wildman–Crippen LogP) is 4.26. The molecule has 0 saturated carbocycles. The van der Waals surface area contributed by atoms with Crippen LogP contribution in [-0.2, 0) is 0 Å². The maximum Gasteiger partial charge on any atom is 0.260 e. The largest absolute Gasteiger partial charge is 0.452 e. The minimum atomic E-state index is -0.287. The van der Waals surface area contributed by atoms with Gasteiger partial charge in [-0.25, -0.2) is 0 Å². The number of hydrogen-bond donors (Lipinski definition) is 1. The standard InChI is InChI=1S/C12H9BrClNO2/c1-7-2-3-8(13)6-10(7)15-12(16)9-4-5-17-11(9)14/h2-6H,1H3,(H,15,16). The molecule has 0 saturated heterocycles. The number of halogens is 2. The zero-order valence-corrected chi connectivity index (χ0v) is 11.3. The van der Waals surface area contributed by atoms with Crippen LogP contribution in [0.1, 0.15) is 15.9 Å². The van der Waals surface area contributed by atoms with Gasteiger partial charge in [-0.2, -0.15) is 0 Å². The highest BCUT2D eigenvalue weighted by molar-refractivity contribution is 9.10. The molecule has 0 atom stereocenters. The second-order valence-electron chi connectivity index (χ2n) is 3.52. The molecule has 0 radical (unpaired) electrons. The Hall–Kier alpha value is -1.26. The van der Waals surface area contributed by atoms with E-state index in [-0.39, 0.29) is 11.1 Å². The number of anilines is 1. The molecule has 1 aromatic carbocycles. The normalized spacial score (nSPS) is 10.3. The van der Waals surface area contributed by atoms with Gasteiger partial charge in [0.05, 0.1) is 11.8 Å². The Morgan fingerprint density at radius 2 is 2.18 bits per heavy atom. The van der Waals surface area contributed by atoms with E-state index >= 15 is 0 Å². The first-order valence-electron chi connectivity index (χ1n) is 4.88. The highest BCUT2D eigenvalue weighted by Crippen LogP contribution is 2.23. The van der Waals surface area contributed by atoms with Gasteiger partial charge in [0.2, 0.25) is 5.22 Å². The maximum atomic E-state index is 11.9. The van der Waals surface area contributed by atoms with Crippen LogP contribution in [0.25, 0.3) is 0 Å². The zero-order chi connectivity index (χ0) is 12.4. The fourth-order valence-corrected chi connectivity index (χ4v) is 1.94. The van der Waals surface area contributed by atoms with Gasteiger partial charge in [0.15, 0.2) is 0 Å². The number of rotatable bonds is 2. The summed E-state index contributed by atoms with van der Waals surface area (Å²) in [5, 5.41) is 2.87. The molecule has 0 aliphatic rings. The van der Waals surface area contributed by atoms with Crippen molar-refractivity contribution < 1.29 is 9.21 Å². The van der Waals surface area contributed by atoms with Gasteiger partial charge < -0.3 is 9.73 Å². The van der Waals surface area contributed by atoms with Crippen molar-refractivity contribution in [1.29, 1.82) is 0 Å². The fraction of sp³-hybridized carbons (Fsp3) is 0.0833. The van der Waals surface area contributed by atoms with Crippen LogP contribution in [0.3, 0.4) is 0 Å². The highest BCUT2D eigenvalue weighted by Gasteiger charge is 2.13. The number of furan rings is 1. The number of carbonyl (C=O) groups excluding carboxylic acids is 1. The molecule has 1 aromatic heterocycles. The molecule has 1 amide bonds. The first-order valence-corrected chi connectivity index (χ1v) is 6.05. The monoisotopic (exact) mass is 313 g/mol. The van der Waals surface area contributed by atoms with E-state index in [1.807, 2.05) is 25.1 Å². The molecule has 0 fully saturated rings. The summed E-state index contributed by atoms with van der Waals surface area (Å²) in [6.45, 7) is 1.92. The lowest BCUT2D eigenvalue weighted by molar-refractivity contribution is 0.102. The molecule has 2 rings (SSSR count). The van der Waals surface area contributed by atoms with Gasteiger partial charge in [-0.05, 0) is 42.3 Å². The molecule has 88 valence electrons. The summed E-state index contributed by atoms with van der Waals surface area (Å²) in [7, 11) is 0. The average molecular weight is 315 g/mol. The highest BCUT2D eigenvalue weighted by atomic mass is 79.9. The summed E-state index contributed by atoms with van der Waals surface area (Å²) < 4.78 is 5.77. The van der Waals surface area contributed by atoms with Crippen LogP contribution in [0.15, 0.2) is 39.4 Å². The van der Waals surface area contributed by atoms with Crippen LogP contribution in [0.2, 0.25) is 5.22 Å². The molecule has 0 spiro atoms. The lowest BCUT2D eigenvalue weighted by Crippen LogP contribution is -2.12. The summed E-state index contributed by atoms with van der Waals surface area (Å²) >= 11 is 9.09. The average Bonchev–Trinajstić information content (AvgIpc) is 2.70. The van der Waals surface area contributed by atoms with E-state index in [0.29, 0.717) is 5.56 Å². The molecule has 1 heterocycles. The molecular weight excluding hydrogens is 305 g/mol. The van der Waals surface area contributed by atoms with E-state index in [9.17, 15) is 4.79 Å². The zero-order valence-electron chi connectivity index (χ0n) is 8.96. The van der Waals surface area contributed by atoms with Crippen molar-refractivity contribution in [2.75, 3.05) is 5.32 Å². The molecule has 0 aliphatic carbocycles. The molecule has 1 N–H and O–H groups in total. The molecule has 17 heavy (non-hydrogen) atoms. The minimum Gasteiger partial charge on any atom is -0.452 e. The Kier molecular flexibility index (Phi) is 3.54. The van der Waals surface area contributed by atoms with Crippen LogP contribution in [0.5, 0.6) is 0 Å². The SMILES string of the molecule is Cc1ccc(Br)cc1NC(=O)c1ccoc1Cl. The Morgan fingerprint density at radius 3 is 2.82 bits per heavy atom. The summed E-state index contributed by atoms with van der Waals surface area (Å²) in [5.41, 5.74) is 2.04. The predicted molar refractivity (Wildman–Crippen MR) is 70.6 cm³/mol. The first kappa shape index (κ1) is 12.2. The number of aryl methyl sites for hydroxylation is 1. The van der Waals surface area contributed by atoms with Crippen molar-refractivity contribution in [2.45, 2.75) is 6.92 Å². The second kappa shape index (κ2) is 4.94. The number of hydrogen-bond acceptors (Lipinski definition) is 2. The number of nitrogens with one attached hydrogen (secondary N) is 1.